The van der Waals surface area contributed by atoms with Gasteiger partial charge in [-0.05, 0) is 43.5 Å². The highest BCUT2D eigenvalue weighted by molar-refractivity contribution is 7.99. The van der Waals surface area contributed by atoms with Gasteiger partial charge in [-0.15, -0.1) is 23.5 Å². The third kappa shape index (κ3) is 5.54. The van der Waals surface area contributed by atoms with Crippen molar-refractivity contribution >= 4 is 40.9 Å². The minimum atomic E-state index is -0.0480. The van der Waals surface area contributed by atoms with Gasteiger partial charge in [-0.25, -0.2) is 0 Å². The summed E-state index contributed by atoms with van der Waals surface area (Å²) in [4.78, 5) is 24.7. The standard InChI is InChI=1S/C19H21NO3S2/c1-13(21)14-8-9-17(23-2)15(10-14)11-25-12-19(22)20-16-6-4-5-7-18(16)24-3/h4-10H,11-12H2,1-3H3,(H,20,22). The number of ether oxygens (including phenoxy) is 1. The van der Waals surface area contributed by atoms with E-state index in [1.807, 2.05) is 36.6 Å². The molecule has 132 valence electrons. The summed E-state index contributed by atoms with van der Waals surface area (Å²) in [7, 11) is 1.60. The number of ketones is 1. The third-order valence-corrected chi connectivity index (χ3v) is 5.34. The maximum absolute atomic E-state index is 12.2. The molecule has 0 fully saturated rings. The molecule has 0 bridgehead atoms. The minimum absolute atomic E-state index is 0.0142. The molecule has 1 N–H and O–H groups in total. The van der Waals surface area contributed by atoms with Gasteiger partial charge in [0.2, 0.25) is 5.91 Å². The van der Waals surface area contributed by atoms with Gasteiger partial charge < -0.3 is 10.1 Å². The van der Waals surface area contributed by atoms with E-state index >= 15 is 0 Å². The van der Waals surface area contributed by atoms with Gasteiger partial charge in [-0.2, -0.15) is 0 Å². The normalized spacial score (nSPS) is 10.4. The molecule has 0 atom stereocenters. The predicted octanol–water partition coefficient (Wildman–Crippen LogP) is 4.49. The first-order valence-electron chi connectivity index (χ1n) is 7.73. The lowest BCUT2D eigenvalue weighted by Crippen LogP contribution is -2.14. The number of anilines is 1. The number of carbonyl (C=O) groups is 2. The zero-order chi connectivity index (χ0) is 18.2. The van der Waals surface area contributed by atoms with E-state index in [4.69, 9.17) is 4.74 Å². The lowest BCUT2D eigenvalue weighted by molar-refractivity contribution is -0.113. The lowest BCUT2D eigenvalue weighted by atomic mass is 10.1. The number of thioether (sulfide) groups is 2. The number of methoxy groups -OCH3 is 1. The van der Waals surface area contributed by atoms with E-state index in [9.17, 15) is 9.59 Å². The molecule has 1 amide bonds. The van der Waals surface area contributed by atoms with Gasteiger partial charge in [-0.3, -0.25) is 9.59 Å². The van der Waals surface area contributed by atoms with Crippen molar-refractivity contribution in [1.82, 2.24) is 0 Å². The Hall–Kier alpha value is -1.92. The summed E-state index contributed by atoms with van der Waals surface area (Å²) in [5.41, 5.74) is 2.39. The molecule has 2 aromatic carbocycles. The van der Waals surface area contributed by atoms with Crippen LogP contribution < -0.4 is 10.1 Å². The molecule has 2 aromatic rings. The van der Waals surface area contributed by atoms with Crippen LogP contribution in [0.15, 0.2) is 47.4 Å². The van der Waals surface area contributed by atoms with Crippen molar-refractivity contribution in [3.05, 3.63) is 53.6 Å². The Morgan fingerprint density at radius 2 is 1.92 bits per heavy atom. The molecule has 0 spiro atoms. The van der Waals surface area contributed by atoms with E-state index in [0.717, 1.165) is 21.9 Å². The average Bonchev–Trinajstić information content (AvgIpc) is 2.62. The SMILES string of the molecule is COc1ccc(C(C)=O)cc1CSCC(=O)Nc1ccccc1SC. The number of rotatable bonds is 8. The largest absolute Gasteiger partial charge is 0.496 e. The molecule has 4 nitrogen and oxygen atoms in total. The Balaban J connectivity index is 1.95. The molecule has 0 radical (unpaired) electrons. The first-order valence-corrected chi connectivity index (χ1v) is 10.1. The minimum Gasteiger partial charge on any atom is -0.496 e. The zero-order valence-electron chi connectivity index (χ0n) is 14.5. The molecule has 2 rings (SSSR count). The summed E-state index contributed by atoms with van der Waals surface area (Å²) in [5, 5.41) is 2.94. The van der Waals surface area contributed by atoms with E-state index in [2.05, 4.69) is 5.32 Å². The third-order valence-electron chi connectivity index (χ3n) is 3.56. The van der Waals surface area contributed by atoms with E-state index in [0.29, 0.717) is 17.1 Å². The van der Waals surface area contributed by atoms with Crippen LogP contribution in [-0.2, 0) is 10.5 Å². The summed E-state index contributed by atoms with van der Waals surface area (Å²) in [6, 6.07) is 13.1. The van der Waals surface area contributed by atoms with Gasteiger partial charge in [0.05, 0.1) is 18.6 Å². The first kappa shape index (κ1) is 19.4. The van der Waals surface area contributed by atoms with E-state index < -0.39 is 0 Å². The van der Waals surface area contributed by atoms with Gasteiger partial charge in [0.25, 0.3) is 0 Å². The topological polar surface area (TPSA) is 55.4 Å². The Bertz CT molecular complexity index is 762. The highest BCUT2D eigenvalue weighted by Gasteiger charge is 2.10. The predicted molar refractivity (Wildman–Crippen MR) is 106 cm³/mol. The van der Waals surface area contributed by atoms with Crippen LogP contribution in [0.4, 0.5) is 5.69 Å². The molecular formula is C19H21NO3S2. The molecule has 0 aliphatic carbocycles. The van der Waals surface area contributed by atoms with E-state index in [1.54, 1.807) is 31.0 Å². The highest BCUT2D eigenvalue weighted by Crippen LogP contribution is 2.26. The number of para-hydroxylation sites is 1. The van der Waals surface area contributed by atoms with Crippen LogP contribution in [0.3, 0.4) is 0 Å². The Morgan fingerprint density at radius 3 is 2.60 bits per heavy atom. The van der Waals surface area contributed by atoms with Gasteiger partial charge in [0.1, 0.15) is 5.75 Å². The molecular weight excluding hydrogens is 354 g/mol. The van der Waals surface area contributed by atoms with Gasteiger partial charge in [-0.1, -0.05) is 12.1 Å². The van der Waals surface area contributed by atoms with Crippen LogP contribution in [0.1, 0.15) is 22.8 Å². The summed E-state index contributed by atoms with van der Waals surface area (Å²) in [6.07, 6.45) is 1.98. The maximum atomic E-state index is 12.2. The monoisotopic (exact) mass is 375 g/mol. The van der Waals surface area contributed by atoms with Crippen molar-refractivity contribution < 1.29 is 14.3 Å². The smallest absolute Gasteiger partial charge is 0.234 e. The Labute approximate surface area is 156 Å². The molecule has 0 unspecified atom stereocenters. The molecule has 0 saturated carbocycles. The molecule has 0 saturated heterocycles. The Morgan fingerprint density at radius 1 is 1.16 bits per heavy atom. The van der Waals surface area contributed by atoms with Crippen LogP contribution in [0.25, 0.3) is 0 Å². The molecule has 0 aliphatic heterocycles. The first-order chi connectivity index (χ1) is 12.0. The number of nitrogens with one attached hydrogen (secondary N) is 1. The second kappa shape index (κ2) is 9.53. The molecule has 25 heavy (non-hydrogen) atoms. The molecule has 0 aromatic heterocycles. The number of carbonyl (C=O) groups excluding carboxylic acids is 2. The fourth-order valence-electron chi connectivity index (χ4n) is 2.30. The van der Waals surface area contributed by atoms with Crippen molar-refractivity contribution in [2.45, 2.75) is 17.6 Å². The maximum Gasteiger partial charge on any atom is 0.234 e. The number of hydrogen-bond acceptors (Lipinski definition) is 5. The summed E-state index contributed by atoms with van der Waals surface area (Å²) in [5.74, 6) is 1.62. The number of hydrogen-bond donors (Lipinski definition) is 1. The molecule has 0 heterocycles. The second-order valence-electron chi connectivity index (χ2n) is 5.32. The van der Waals surface area contributed by atoms with E-state index in [1.165, 1.54) is 18.7 Å². The van der Waals surface area contributed by atoms with Gasteiger partial charge in [0, 0.05) is 21.8 Å². The summed E-state index contributed by atoms with van der Waals surface area (Å²) in [6.45, 7) is 1.54. The molecule has 0 aliphatic rings. The van der Waals surface area contributed by atoms with Gasteiger partial charge in [0.15, 0.2) is 5.78 Å². The van der Waals surface area contributed by atoms with Crippen LogP contribution in [-0.4, -0.2) is 30.8 Å². The molecule has 6 heteroatoms. The number of Topliss-reactive ketones (excluding diaryl/α,β-unsaturated/α-hetero) is 1. The van der Waals surface area contributed by atoms with Crippen molar-refractivity contribution in [3.63, 3.8) is 0 Å². The fraction of sp³-hybridized carbons (Fsp3) is 0.263. The van der Waals surface area contributed by atoms with E-state index in [-0.39, 0.29) is 11.7 Å². The van der Waals surface area contributed by atoms with Crippen LogP contribution in [0.5, 0.6) is 5.75 Å². The van der Waals surface area contributed by atoms with Crippen LogP contribution in [0, 0.1) is 0 Å². The quantitative estimate of drug-likeness (QED) is 0.544. The lowest BCUT2D eigenvalue weighted by Gasteiger charge is -2.11. The van der Waals surface area contributed by atoms with Crippen molar-refractivity contribution in [2.24, 2.45) is 0 Å². The van der Waals surface area contributed by atoms with Crippen molar-refractivity contribution in [3.8, 4) is 5.75 Å². The summed E-state index contributed by atoms with van der Waals surface area (Å²) < 4.78 is 5.34. The van der Waals surface area contributed by atoms with Crippen LogP contribution in [0.2, 0.25) is 0 Å². The number of benzene rings is 2. The average molecular weight is 376 g/mol. The highest BCUT2D eigenvalue weighted by atomic mass is 32.2. The number of amides is 1. The zero-order valence-corrected chi connectivity index (χ0v) is 16.1. The van der Waals surface area contributed by atoms with Gasteiger partial charge >= 0.3 is 0 Å². The Kier molecular flexibility index (Phi) is 7.40. The fourth-order valence-corrected chi connectivity index (χ4v) is 3.66. The summed E-state index contributed by atoms with van der Waals surface area (Å²) >= 11 is 3.08. The second-order valence-corrected chi connectivity index (χ2v) is 7.16. The van der Waals surface area contributed by atoms with Crippen LogP contribution >= 0.6 is 23.5 Å². The van der Waals surface area contributed by atoms with Crippen molar-refractivity contribution in [1.29, 1.82) is 0 Å². The van der Waals surface area contributed by atoms with Crippen molar-refractivity contribution in [2.75, 3.05) is 24.4 Å².